The molecule has 8 heteroatoms. The molecule has 0 fully saturated rings. The van der Waals surface area contributed by atoms with Gasteiger partial charge in [0, 0.05) is 24.6 Å². The molecule has 0 radical (unpaired) electrons. The van der Waals surface area contributed by atoms with Crippen molar-refractivity contribution >= 4 is 17.9 Å². The van der Waals surface area contributed by atoms with Crippen LogP contribution < -0.4 is 10.6 Å². The van der Waals surface area contributed by atoms with E-state index in [4.69, 9.17) is 9.26 Å². The van der Waals surface area contributed by atoms with E-state index in [1.54, 1.807) is 44.2 Å². The molecule has 0 aliphatic rings. The number of nitrogens with zero attached hydrogens (tertiary/aromatic N) is 1. The van der Waals surface area contributed by atoms with Gasteiger partial charge < -0.3 is 14.6 Å². The molecule has 1 unspecified atom stereocenters. The first kappa shape index (κ1) is 19.2. The monoisotopic (exact) mass is 359 g/mol. The number of aryl methyl sites for hydroxylation is 2. The van der Waals surface area contributed by atoms with Crippen molar-refractivity contribution in [3.63, 3.8) is 0 Å². The average molecular weight is 359 g/mol. The SMILES string of the molecule is CNC(=O)NC(=O)C(OC(=O)CCc1c(C)noc1C)c1ccccc1. The number of ether oxygens (including phenoxy) is 1. The summed E-state index contributed by atoms with van der Waals surface area (Å²) in [6.07, 6.45) is -0.774. The number of hydrogen-bond donors (Lipinski definition) is 2. The van der Waals surface area contributed by atoms with Crippen molar-refractivity contribution in [3.05, 3.63) is 52.9 Å². The lowest BCUT2D eigenvalue weighted by Crippen LogP contribution is -2.41. The molecular formula is C18H21N3O5. The fourth-order valence-electron chi connectivity index (χ4n) is 2.42. The molecule has 1 heterocycles. The van der Waals surface area contributed by atoms with Gasteiger partial charge in [0.25, 0.3) is 5.91 Å². The van der Waals surface area contributed by atoms with E-state index in [2.05, 4.69) is 15.8 Å². The Morgan fingerprint density at radius 3 is 2.46 bits per heavy atom. The van der Waals surface area contributed by atoms with Crippen LogP contribution in [-0.2, 0) is 20.7 Å². The molecule has 0 aliphatic carbocycles. The summed E-state index contributed by atoms with van der Waals surface area (Å²) in [5, 5.41) is 8.25. The van der Waals surface area contributed by atoms with Gasteiger partial charge in [-0.1, -0.05) is 35.5 Å². The van der Waals surface area contributed by atoms with Crippen LogP contribution in [0.5, 0.6) is 0 Å². The fourth-order valence-corrected chi connectivity index (χ4v) is 2.42. The minimum atomic E-state index is -1.22. The smallest absolute Gasteiger partial charge is 0.321 e. The van der Waals surface area contributed by atoms with E-state index in [9.17, 15) is 14.4 Å². The summed E-state index contributed by atoms with van der Waals surface area (Å²) < 4.78 is 10.4. The Labute approximate surface area is 150 Å². The number of benzene rings is 1. The maximum Gasteiger partial charge on any atom is 0.321 e. The van der Waals surface area contributed by atoms with Gasteiger partial charge in [-0.3, -0.25) is 14.9 Å². The number of urea groups is 1. The van der Waals surface area contributed by atoms with Crippen LogP contribution in [0.1, 0.15) is 35.1 Å². The van der Waals surface area contributed by atoms with E-state index in [0.29, 0.717) is 23.4 Å². The molecule has 0 saturated heterocycles. The summed E-state index contributed by atoms with van der Waals surface area (Å²) >= 11 is 0. The highest BCUT2D eigenvalue weighted by molar-refractivity contribution is 5.97. The lowest BCUT2D eigenvalue weighted by Gasteiger charge is -2.17. The first-order valence-electron chi connectivity index (χ1n) is 8.11. The normalized spacial score (nSPS) is 11.5. The molecule has 26 heavy (non-hydrogen) atoms. The molecule has 0 saturated carbocycles. The van der Waals surface area contributed by atoms with E-state index < -0.39 is 24.0 Å². The number of amides is 3. The highest BCUT2D eigenvalue weighted by Gasteiger charge is 2.26. The maximum atomic E-state index is 12.3. The van der Waals surface area contributed by atoms with Gasteiger partial charge in [0.05, 0.1) is 5.69 Å². The zero-order valence-electron chi connectivity index (χ0n) is 14.9. The second-order valence-corrected chi connectivity index (χ2v) is 5.65. The van der Waals surface area contributed by atoms with Gasteiger partial charge in [0.2, 0.25) is 6.10 Å². The Balaban J connectivity index is 2.07. The zero-order chi connectivity index (χ0) is 19.1. The number of hydrogen-bond acceptors (Lipinski definition) is 6. The van der Waals surface area contributed by atoms with E-state index in [-0.39, 0.29) is 6.42 Å². The summed E-state index contributed by atoms with van der Waals surface area (Å²) in [4.78, 5) is 36.0. The number of imide groups is 1. The minimum Gasteiger partial charge on any atom is -0.447 e. The van der Waals surface area contributed by atoms with E-state index in [1.165, 1.54) is 7.05 Å². The third kappa shape index (κ3) is 4.92. The second kappa shape index (κ2) is 8.80. The molecule has 138 valence electrons. The molecule has 0 spiro atoms. The van der Waals surface area contributed by atoms with Crippen LogP contribution in [0, 0.1) is 13.8 Å². The van der Waals surface area contributed by atoms with Crippen molar-refractivity contribution in [2.75, 3.05) is 7.05 Å². The van der Waals surface area contributed by atoms with Gasteiger partial charge in [-0.2, -0.15) is 0 Å². The van der Waals surface area contributed by atoms with E-state index >= 15 is 0 Å². The fraction of sp³-hybridized carbons (Fsp3) is 0.333. The summed E-state index contributed by atoms with van der Waals surface area (Å²) in [5.41, 5.74) is 2.03. The van der Waals surface area contributed by atoms with Crippen molar-refractivity contribution < 1.29 is 23.6 Å². The minimum absolute atomic E-state index is 0.0550. The van der Waals surface area contributed by atoms with Crippen LogP contribution in [0.2, 0.25) is 0 Å². The number of rotatable bonds is 6. The zero-order valence-corrected chi connectivity index (χ0v) is 14.9. The lowest BCUT2D eigenvalue weighted by molar-refractivity contribution is -0.156. The number of esters is 1. The largest absolute Gasteiger partial charge is 0.447 e. The molecule has 2 aromatic rings. The van der Waals surface area contributed by atoms with Crippen molar-refractivity contribution in [3.8, 4) is 0 Å². The Morgan fingerprint density at radius 2 is 1.88 bits per heavy atom. The number of carbonyl (C=O) groups is 3. The topological polar surface area (TPSA) is 111 Å². The Bertz CT molecular complexity index is 766. The first-order chi connectivity index (χ1) is 12.4. The second-order valence-electron chi connectivity index (χ2n) is 5.65. The Kier molecular flexibility index (Phi) is 6.48. The molecular weight excluding hydrogens is 338 g/mol. The molecule has 0 bridgehead atoms. The van der Waals surface area contributed by atoms with Gasteiger partial charge in [-0.05, 0) is 20.3 Å². The quantitative estimate of drug-likeness (QED) is 0.763. The predicted molar refractivity (Wildman–Crippen MR) is 92.2 cm³/mol. The van der Waals surface area contributed by atoms with Gasteiger partial charge in [-0.15, -0.1) is 0 Å². The molecule has 1 aromatic carbocycles. The Morgan fingerprint density at radius 1 is 1.19 bits per heavy atom. The van der Waals surface area contributed by atoms with Crippen LogP contribution in [0.3, 0.4) is 0 Å². The highest BCUT2D eigenvalue weighted by Crippen LogP contribution is 2.20. The number of aromatic nitrogens is 1. The molecule has 1 atom stereocenters. The third-order valence-corrected chi connectivity index (χ3v) is 3.81. The molecule has 1 aromatic heterocycles. The molecule has 2 N–H and O–H groups in total. The van der Waals surface area contributed by atoms with Crippen LogP contribution >= 0.6 is 0 Å². The average Bonchev–Trinajstić information content (AvgIpc) is 2.96. The summed E-state index contributed by atoms with van der Waals surface area (Å²) in [7, 11) is 1.38. The van der Waals surface area contributed by atoms with Crippen molar-refractivity contribution in [2.24, 2.45) is 0 Å². The number of carbonyl (C=O) groups excluding carboxylic acids is 3. The van der Waals surface area contributed by atoms with Gasteiger partial charge in [0.1, 0.15) is 5.76 Å². The van der Waals surface area contributed by atoms with Crippen LogP contribution in [-0.4, -0.2) is 30.1 Å². The standard InChI is InChI=1S/C18H21N3O5/c1-11-14(12(2)26-21-11)9-10-15(22)25-16(13-7-5-4-6-8-13)17(23)20-18(24)19-3/h4-8,16H,9-10H2,1-3H3,(H2,19,20,23,24). The first-order valence-corrected chi connectivity index (χ1v) is 8.11. The van der Waals surface area contributed by atoms with Crippen LogP contribution in [0.25, 0.3) is 0 Å². The van der Waals surface area contributed by atoms with E-state index in [1.807, 2.05) is 0 Å². The van der Waals surface area contributed by atoms with Crippen LogP contribution in [0.15, 0.2) is 34.9 Å². The summed E-state index contributed by atoms with van der Waals surface area (Å²) in [6, 6.07) is 7.82. The summed E-state index contributed by atoms with van der Waals surface area (Å²) in [5.74, 6) is -0.639. The van der Waals surface area contributed by atoms with Crippen molar-refractivity contribution in [1.82, 2.24) is 15.8 Å². The molecule has 8 nitrogen and oxygen atoms in total. The van der Waals surface area contributed by atoms with Crippen LogP contribution in [0.4, 0.5) is 4.79 Å². The third-order valence-electron chi connectivity index (χ3n) is 3.81. The summed E-state index contributed by atoms with van der Waals surface area (Å²) in [6.45, 7) is 3.56. The van der Waals surface area contributed by atoms with Gasteiger partial charge in [0.15, 0.2) is 0 Å². The molecule has 0 aliphatic heterocycles. The number of nitrogens with one attached hydrogen (secondary N) is 2. The lowest BCUT2D eigenvalue weighted by atomic mass is 10.1. The van der Waals surface area contributed by atoms with E-state index in [0.717, 1.165) is 5.56 Å². The molecule has 2 rings (SSSR count). The predicted octanol–water partition coefficient (Wildman–Crippen LogP) is 1.96. The van der Waals surface area contributed by atoms with Crippen molar-refractivity contribution in [2.45, 2.75) is 32.8 Å². The van der Waals surface area contributed by atoms with Crippen molar-refractivity contribution in [1.29, 1.82) is 0 Å². The Hall–Kier alpha value is -3.16. The molecule has 3 amide bonds. The van der Waals surface area contributed by atoms with Gasteiger partial charge >= 0.3 is 12.0 Å². The maximum absolute atomic E-state index is 12.3. The highest BCUT2D eigenvalue weighted by atomic mass is 16.5. The van der Waals surface area contributed by atoms with Gasteiger partial charge in [-0.25, -0.2) is 4.79 Å².